The van der Waals surface area contributed by atoms with Crippen LogP contribution in [0.3, 0.4) is 0 Å². The predicted octanol–water partition coefficient (Wildman–Crippen LogP) is 5.43. The van der Waals surface area contributed by atoms with Crippen LogP contribution >= 0.6 is 23.2 Å². The van der Waals surface area contributed by atoms with Gasteiger partial charge in [-0.05, 0) is 63.6 Å². The maximum absolute atomic E-state index is 13.9. The van der Waals surface area contributed by atoms with E-state index in [4.69, 9.17) is 23.2 Å². The molecule has 0 saturated carbocycles. The molecular weight excluding hydrogens is 591 g/mol. The summed E-state index contributed by atoms with van der Waals surface area (Å²) in [6.07, 6.45) is 0. The van der Waals surface area contributed by atoms with Crippen molar-refractivity contribution in [2.75, 3.05) is 10.8 Å². The van der Waals surface area contributed by atoms with Gasteiger partial charge in [-0.1, -0.05) is 53.5 Å². The van der Waals surface area contributed by atoms with Crippen LogP contribution in [-0.4, -0.2) is 48.2 Å². The van der Waals surface area contributed by atoms with Crippen molar-refractivity contribution in [1.82, 2.24) is 10.2 Å². The zero-order valence-corrected chi connectivity index (χ0v) is 25.2. The number of amides is 2. The van der Waals surface area contributed by atoms with E-state index in [0.29, 0.717) is 10.6 Å². The summed E-state index contributed by atoms with van der Waals surface area (Å²) in [5.74, 6) is -1.18. The maximum Gasteiger partial charge on any atom is 0.271 e. The molecule has 218 valence electrons. The smallest absolute Gasteiger partial charge is 0.271 e. The highest BCUT2D eigenvalue weighted by Gasteiger charge is 2.34. The van der Waals surface area contributed by atoms with Crippen LogP contribution in [0, 0.1) is 10.1 Å². The van der Waals surface area contributed by atoms with E-state index in [1.54, 1.807) is 45.0 Å². The van der Waals surface area contributed by atoms with Gasteiger partial charge in [-0.3, -0.25) is 24.0 Å². The Morgan fingerprint density at radius 2 is 1.63 bits per heavy atom. The van der Waals surface area contributed by atoms with Crippen molar-refractivity contribution < 1.29 is 22.9 Å². The molecule has 1 atom stereocenters. The zero-order valence-electron chi connectivity index (χ0n) is 22.9. The summed E-state index contributed by atoms with van der Waals surface area (Å²) in [5, 5.41) is 14.8. The largest absolute Gasteiger partial charge is 0.350 e. The van der Waals surface area contributed by atoms with Gasteiger partial charge < -0.3 is 10.2 Å². The van der Waals surface area contributed by atoms with Crippen molar-refractivity contribution in [2.24, 2.45) is 0 Å². The second-order valence-corrected chi connectivity index (χ2v) is 13.0. The van der Waals surface area contributed by atoms with Gasteiger partial charge in [-0.15, -0.1) is 0 Å². The molecule has 0 heterocycles. The summed E-state index contributed by atoms with van der Waals surface area (Å²) >= 11 is 12.2. The highest BCUT2D eigenvalue weighted by molar-refractivity contribution is 7.92. The number of rotatable bonds is 10. The summed E-state index contributed by atoms with van der Waals surface area (Å²) < 4.78 is 28.4. The van der Waals surface area contributed by atoms with Crippen molar-refractivity contribution in [2.45, 2.75) is 50.7 Å². The number of nitrogens with zero attached hydrogens (tertiary/aromatic N) is 3. The molecule has 3 rings (SSSR count). The van der Waals surface area contributed by atoms with Crippen molar-refractivity contribution in [1.29, 1.82) is 0 Å². The number of benzene rings is 3. The van der Waals surface area contributed by atoms with Crippen LogP contribution in [0.1, 0.15) is 33.3 Å². The molecule has 0 bridgehead atoms. The summed E-state index contributed by atoms with van der Waals surface area (Å²) in [6, 6.07) is 16.1. The lowest BCUT2D eigenvalue weighted by Crippen LogP contribution is -2.54. The number of nitro benzene ring substituents is 1. The number of sulfonamides is 1. The number of non-ortho nitro benzene ring substituents is 1. The zero-order chi connectivity index (χ0) is 30.5. The van der Waals surface area contributed by atoms with Crippen LogP contribution < -0.4 is 9.62 Å². The minimum Gasteiger partial charge on any atom is -0.350 e. The first-order valence-corrected chi connectivity index (χ1v) is 14.7. The van der Waals surface area contributed by atoms with Gasteiger partial charge >= 0.3 is 0 Å². The van der Waals surface area contributed by atoms with E-state index in [9.17, 15) is 28.1 Å². The summed E-state index contributed by atoms with van der Waals surface area (Å²) in [7, 11) is -4.36. The van der Waals surface area contributed by atoms with Gasteiger partial charge in [0.1, 0.15) is 12.6 Å². The highest BCUT2D eigenvalue weighted by atomic mass is 35.5. The number of nitro groups is 1. The van der Waals surface area contributed by atoms with Gasteiger partial charge in [0.05, 0.1) is 25.6 Å². The average molecular weight is 622 g/mol. The van der Waals surface area contributed by atoms with E-state index < -0.39 is 44.9 Å². The van der Waals surface area contributed by atoms with E-state index >= 15 is 0 Å². The van der Waals surface area contributed by atoms with Gasteiger partial charge in [-0.25, -0.2) is 8.42 Å². The Balaban J connectivity index is 2.08. The van der Waals surface area contributed by atoms with E-state index in [1.165, 1.54) is 54.3 Å². The first kappa shape index (κ1) is 31.9. The molecule has 0 spiro atoms. The van der Waals surface area contributed by atoms with E-state index in [2.05, 4.69) is 5.32 Å². The van der Waals surface area contributed by atoms with Crippen LogP contribution in [0.15, 0.2) is 77.7 Å². The molecule has 3 aromatic carbocycles. The molecule has 0 fully saturated rings. The van der Waals surface area contributed by atoms with Crippen LogP contribution in [0.2, 0.25) is 10.0 Å². The Labute approximate surface area is 249 Å². The Bertz CT molecular complexity index is 1540. The fraction of sp³-hybridized carbons (Fsp3) is 0.286. The number of anilines is 1. The molecule has 0 saturated heterocycles. The number of nitrogens with one attached hydrogen (secondary N) is 1. The molecule has 0 aliphatic heterocycles. The first-order chi connectivity index (χ1) is 19.1. The molecule has 10 nitrogen and oxygen atoms in total. The Hall–Kier alpha value is -3.67. The molecule has 0 aliphatic carbocycles. The van der Waals surface area contributed by atoms with Crippen LogP contribution in [0.25, 0.3) is 0 Å². The monoisotopic (exact) mass is 620 g/mol. The SMILES string of the molecule is C[C@H](C(=O)NC(C)(C)C)N(Cc1ccc(Cl)c(Cl)c1)C(=O)CN(c1cccc([N+](=O)[O-])c1)S(=O)(=O)c1ccccc1. The second-order valence-electron chi connectivity index (χ2n) is 10.3. The summed E-state index contributed by atoms with van der Waals surface area (Å²) in [6.45, 7) is 6.06. The Morgan fingerprint density at radius 3 is 2.22 bits per heavy atom. The Kier molecular flexibility index (Phi) is 10.0. The summed E-state index contributed by atoms with van der Waals surface area (Å²) in [4.78, 5) is 39.0. The normalized spacial score (nSPS) is 12.3. The van der Waals surface area contributed by atoms with Crippen LogP contribution in [0.5, 0.6) is 0 Å². The van der Waals surface area contributed by atoms with E-state index in [-0.39, 0.29) is 27.8 Å². The van der Waals surface area contributed by atoms with Crippen molar-refractivity contribution >= 4 is 56.4 Å². The van der Waals surface area contributed by atoms with Gasteiger partial charge in [0.25, 0.3) is 15.7 Å². The number of halogens is 2. The molecule has 13 heteroatoms. The maximum atomic E-state index is 13.9. The van der Waals surface area contributed by atoms with Crippen molar-refractivity contribution in [3.05, 3.63) is 98.5 Å². The molecule has 1 N–H and O–H groups in total. The highest BCUT2D eigenvalue weighted by Crippen LogP contribution is 2.28. The van der Waals surface area contributed by atoms with Gasteiger partial charge in [0, 0.05) is 24.2 Å². The van der Waals surface area contributed by atoms with Gasteiger partial charge in [-0.2, -0.15) is 0 Å². The lowest BCUT2D eigenvalue weighted by Gasteiger charge is -2.33. The number of hydrogen-bond acceptors (Lipinski definition) is 6. The molecule has 3 aromatic rings. The first-order valence-electron chi connectivity index (χ1n) is 12.5. The third-order valence-corrected chi connectivity index (χ3v) is 8.47. The lowest BCUT2D eigenvalue weighted by atomic mass is 10.1. The minimum atomic E-state index is -4.36. The lowest BCUT2D eigenvalue weighted by molar-refractivity contribution is -0.384. The topological polar surface area (TPSA) is 130 Å². The van der Waals surface area contributed by atoms with E-state index in [1.807, 2.05) is 0 Å². The molecular formula is C28H30Cl2N4O6S. The van der Waals surface area contributed by atoms with Crippen molar-refractivity contribution in [3.63, 3.8) is 0 Å². The van der Waals surface area contributed by atoms with E-state index in [0.717, 1.165) is 10.4 Å². The quantitative estimate of drug-likeness (QED) is 0.238. The number of hydrogen-bond donors (Lipinski definition) is 1. The predicted molar refractivity (Wildman–Crippen MR) is 158 cm³/mol. The van der Waals surface area contributed by atoms with Crippen LogP contribution in [0.4, 0.5) is 11.4 Å². The molecule has 0 aromatic heterocycles. The summed E-state index contributed by atoms with van der Waals surface area (Å²) in [5.41, 5.74) is -0.489. The molecule has 0 unspecified atom stereocenters. The van der Waals surface area contributed by atoms with Crippen molar-refractivity contribution in [3.8, 4) is 0 Å². The third-order valence-electron chi connectivity index (χ3n) is 5.94. The molecule has 0 radical (unpaired) electrons. The minimum absolute atomic E-state index is 0.0855. The molecule has 0 aliphatic rings. The number of carbonyl (C=O) groups excluding carboxylic acids is 2. The van der Waals surface area contributed by atoms with Gasteiger partial charge in [0.15, 0.2) is 0 Å². The third kappa shape index (κ3) is 8.18. The molecule has 2 amide bonds. The fourth-order valence-electron chi connectivity index (χ4n) is 3.90. The van der Waals surface area contributed by atoms with Crippen LogP contribution in [-0.2, 0) is 26.2 Å². The standard InChI is InChI=1S/C28H30Cl2N4O6S/c1-19(27(36)31-28(2,3)4)32(17-20-13-14-24(29)25(30)15-20)26(35)18-33(21-9-8-10-22(16-21)34(37)38)41(39,40)23-11-6-5-7-12-23/h5-16,19H,17-18H2,1-4H3,(H,31,36)/t19-/m1/s1. The number of carbonyl (C=O) groups is 2. The second kappa shape index (κ2) is 12.9. The average Bonchev–Trinajstić information content (AvgIpc) is 2.91. The Morgan fingerprint density at radius 1 is 0.976 bits per heavy atom. The fourth-order valence-corrected chi connectivity index (χ4v) is 5.65. The molecule has 41 heavy (non-hydrogen) atoms. The van der Waals surface area contributed by atoms with Gasteiger partial charge in [0.2, 0.25) is 11.8 Å².